The Balaban J connectivity index is 1.05. The highest BCUT2D eigenvalue weighted by Crippen LogP contribution is 2.25. The van der Waals surface area contributed by atoms with Crippen LogP contribution in [0.4, 0.5) is 11.8 Å². The molecule has 0 aliphatic carbocycles. The van der Waals surface area contributed by atoms with Crippen LogP contribution in [0.3, 0.4) is 0 Å². The highest BCUT2D eigenvalue weighted by molar-refractivity contribution is 5.84. The molecule has 0 radical (unpaired) electrons. The zero-order valence-electron chi connectivity index (χ0n) is 20.4. The van der Waals surface area contributed by atoms with Crippen LogP contribution >= 0.6 is 0 Å². The molecule has 0 fully saturated rings. The maximum atomic E-state index is 6.03. The Morgan fingerprint density at radius 2 is 1.73 bits per heavy atom. The minimum absolute atomic E-state index is 0.554. The molecule has 3 aromatic carbocycles. The molecule has 37 heavy (non-hydrogen) atoms. The number of hydrogen-bond donors (Lipinski definition) is 4. The summed E-state index contributed by atoms with van der Waals surface area (Å²) in [5, 5.41) is 9.13. The fraction of sp³-hybridized carbons (Fsp3) is 0.133. The fourth-order valence-electron chi connectivity index (χ4n) is 4.46. The first-order valence-corrected chi connectivity index (χ1v) is 12.4. The lowest BCUT2D eigenvalue weighted by Gasteiger charge is -2.09. The number of benzene rings is 3. The molecule has 6 aromatic rings. The Bertz CT molecular complexity index is 1620. The number of hydrogen-bond acceptors (Lipinski definition) is 5. The summed E-state index contributed by atoms with van der Waals surface area (Å²) in [6, 6.07) is 26.7. The number of ether oxygens (including phenoxy) is 1. The molecule has 0 bridgehead atoms. The second-order valence-electron chi connectivity index (χ2n) is 8.99. The minimum Gasteiger partial charge on any atom is -0.489 e. The van der Waals surface area contributed by atoms with Gasteiger partial charge in [-0.3, -0.25) is 0 Å². The van der Waals surface area contributed by atoms with E-state index in [0.717, 1.165) is 41.1 Å². The summed E-state index contributed by atoms with van der Waals surface area (Å²) in [7, 11) is 0. The average molecular weight is 489 g/mol. The van der Waals surface area contributed by atoms with Crippen molar-refractivity contribution in [3.8, 4) is 5.75 Å². The summed E-state index contributed by atoms with van der Waals surface area (Å²) >= 11 is 0. The molecule has 6 rings (SSSR count). The van der Waals surface area contributed by atoms with E-state index in [1.54, 1.807) is 6.20 Å². The summed E-state index contributed by atoms with van der Waals surface area (Å²) in [6.45, 7) is 1.97. The third-order valence-electron chi connectivity index (χ3n) is 6.41. The molecule has 0 atom stereocenters. The average Bonchev–Trinajstić information content (AvgIpc) is 3.58. The van der Waals surface area contributed by atoms with E-state index in [1.807, 2.05) is 36.5 Å². The quantitative estimate of drug-likeness (QED) is 0.182. The second kappa shape index (κ2) is 10.5. The van der Waals surface area contributed by atoms with Gasteiger partial charge in [0.2, 0.25) is 5.95 Å². The van der Waals surface area contributed by atoms with Crippen molar-refractivity contribution in [1.29, 1.82) is 0 Å². The molecule has 0 saturated carbocycles. The van der Waals surface area contributed by atoms with E-state index in [4.69, 9.17) is 4.74 Å². The molecule has 3 aromatic heterocycles. The molecule has 0 unspecified atom stereocenters. The standard InChI is InChI=1S/C30H28N6O/c1-2-4-21(5-3-1)20-37-25-7-9-28-26(17-25)24(19-34-28)11-14-32-29-12-15-33-30(36-29)35-18-22-6-8-27-23(16-22)10-13-31-27/h1-10,12-13,15-17,19,31,34H,11,14,18,20H2,(H2,32,33,35,36). The number of anilines is 2. The smallest absolute Gasteiger partial charge is 0.224 e. The van der Waals surface area contributed by atoms with Crippen LogP contribution in [0.1, 0.15) is 16.7 Å². The van der Waals surface area contributed by atoms with E-state index in [2.05, 4.69) is 85.3 Å². The fourth-order valence-corrected chi connectivity index (χ4v) is 4.46. The molecular formula is C30H28N6O. The van der Waals surface area contributed by atoms with Gasteiger partial charge in [0.25, 0.3) is 0 Å². The zero-order valence-corrected chi connectivity index (χ0v) is 20.4. The lowest BCUT2D eigenvalue weighted by atomic mass is 10.1. The summed E-state index contributed by atoms with van der Waals surface area (Å²) in [6.07, 6.45) is 6.65. The normalized spacial score (nSPS) is 11.1. The van der Waals surface area contributed by atoms with Crippen molar-refractivity contribution in [1.82, 2.24) is 19.9 Å². The molecule has 3 heterocycles. The molecule has 0 aliphatic rings. The van der Waals surface area contributed by atoms with Crippen LogP contribution in [0, 0.1) is 0 Å². The van der Waals surface area contributed by atoms with E-state index in [9.17, 15) is 0 Å². The Hall–Kier alpha value is -4.78. The van der Waals surface area contributed by atoms with Crippen LogP contribution in [-0.4, -0.2) is 26.5 Å². The first-order chi connectivity index (χ1) is 18.3. The number of H-pyrrole nitrogens is 2. The van der Waals surface area contributed by atoms with Crippen molar-refractivity contribution < 1.29 is 4.74 Å². The Labute approximate surface area is 214 Å². The van der Waals surface area contributed by atoms with Crippen molar-refractivity contribution in [2.45, 2.75) is 19.6 Å². The van der Waals surface area contributed by atoms with Gasteiger partial charge in [0.05, 0.1) is 0 Å². The van der Waals surface area contributed by atoms with Gasteiger partial charge in [-0.1, -0.05) is 36.4 Å². The van der Waals surface area contributed by atoms with Gasteiger partial charge in [-0.25, -0.2) is 4.98 Å². The van der Waals surface area contributed by atoms with E-state index in [-0.39, 0.29) is 0 Å². The minimum atomic E-state index is 0.554. The largest absolute Gasteiger partial charge is 0.489 e. The highest BCUT2D eigenvalue weighted by atomic mass is 16.5. The predicted octanol–water partition coefficient (Wildman–Crippen LogP) is 6.28. The van der Waals surface area contributed by atoms with Crippen LogP contribution in [-0.2, 0) is 19.6 Å². The lowest BCUT2D eigenvalue weighted by Crippen LogP contribution is -2.09. The SMILES string of the molecule is c1ccc(COc2ccc3[nH]cc(CCNc4ccnc(NCc5ccc6[nH]ccc6c5)n4)c3c2)cc1. The Morgan fingerprint density at radius 3 is 2.68 bits per heavy atom. The number of nitrogens with one attached hydrogen (secondary N) is 4. The van der Waals surface area contributed by atoms with Gasteiger partial charge in [-0.2, -0.15) is 4.98 Å². The summed E-state index contributed by atoms with van der Waals surface area (Å²) < 4.78 is 6.03. The maximum Gasteiger partial charge on any atom is 0.224 e. The van der Waals surface area contributed by atoms with Crippen molar-refractivity contribution in [3.63, 3.8) is 0 Å². The van der Waals surface area contributed by atoms with Crippen LogP contribution in [0.5, 0.6) is 5.75 Å². The molecule has 0 spiro atoms. The van der Waals surface area contributed by atoms with Gasteiger partial charge in [-0.05, 0) is 71.0 Å². The van der Waals surface area contributed by atoms with E-state index >= 15 is 0 Å². The molecule has 0 amide bonds. The van der Waals surface area contributed by atoms with Crippen LogP contribution in [0.2, 0.25) is 0 Å². The summed E-state index contributed by atoms with van der Waals surface area (Å²) in [4.78, 5) is 15.6. The molecular weight excluding hydrogens is 460 g/mol. The van der Waals surface area contributed by atoms with Crippen LogP contribution < -0.4 is 15.4 Å². The van der Waals surface area contributed by atoms with Gasteiger partial charge in [0.1, 0.15) is 18.2 Å². The molecule has 4 N–H and O–H groups in total. The predicted molar refractivity (Wildman–Crippen MR) is 149 cm³/mol. The summed E-state index contributed by atoms with van der Waals surface area (Å²) in [5.41, 5.74) is 5.81. The maximum absolute atomic E-state index is 6.03. The number of aromatic amines is 2. The number of rotatable bonds is 10. The van der Waals surface area contributed by atoms with E-state index < -0.39 is 0 Å². The van der Waals surface area contributed by atoms with Crippen molar-refractivity contribution in [3.05, 3.63) is 114 Å². The summed E-state index contributed by atoms with van der Waals surface area (Å²) in [5.74, 6) is 2.27. The van der Waals surface area contributed by atoms with Crippen LogP contribution in [0.15, 0.2) is 97.5 Å². The van der Waals surface area contributed by atoms with Gasteiger partial charge < -0.3 is 25.3 Å². The third kappa shape index (κ3) is 5.41. The van der Waals surface area contributed by atoms with Gasteiger partial charge in [0.15, 0.2) is 0 Å². The first kappa shape index (κ1) is 22.7. The molecule has 184 valence electrons. The van der Waals surface area contributed by atoms with Gasteiger partial charge in [0, 0.05) is 48.1 Å². The third-order valence-corrected chi connectivity index (χ3v) is 6.41. The monoisotopic (exact) mass is 488 g/mol. The van der Waals surface area contributed by atoms with Crippen molar-refractivity contribution >= 4 is 33.6 Å². The number of fused-ring (bicyclic) bond motifs is 2. The number of aromatic nitrogens is 4. The van der Waals surface area contributed by atoms with Gasteiger partial charge >= 0.3 is 0 Å². The first-order valence-electron chi connectivity index (χ1n) is 12.4. The van der Waals surface area contributed by atoms with E-state index in [1.165, 1.54) is 21.9 Å². The van der Waals surface area contributed by atoms with E-state index in [0.29, 0.717) is 19.1 Å². The second-order valence-corrected chi connectivity index (χ2v) is 8.99. The molecule has 0 saturated heterocycles. The Morgan fingerprint density at radius 1 is 0.811 bits per heavy atom. The van der Waals surface area contributed by atoms with Crippen LogP contribution in [0.25, 0.3) is 21.8 Å². The van der Waals surface area contributed by atoms with Crippen molar-refractivity contribution in [2.75, 3.05) is 17.2 Å². The molecule has 7 nitrogen and oxygen atoms in total. The topological polar surface area (TPSA) is 90.6 Å². The zero-order chi connectivity index (χ0) is 24.9. The number of nitrogens with zero attached hydrogens (tertiary/aromatic N) is 2. The van der Waals surface area contributed by atoms with Gasteiger partial charge in [-0.15, -0.1) is 0 Å². The molecule has 0 aliphatic heterocycles. The van der Waals surface area contributed by atoms with Crippen molar-refractivity contribution in [2.24, 2.45) is 0 Å². The lowest BCUT2D eigenvalue weighted by molar-refractivity contribution is 0.306. The molecule has 7 heteroatoms. The Kier molecular flexibility index (Phi) is 6.41. The highest BCUT2D eigenvalue weighted by Gasteiger charge is 2.07.